The number of hydrogen-bond donors (Lipinski definition) is 0. The van der Waals surface area contributed by atoms with Crippen LogP contribution in [0.25, 0.3) is 16.3 Å². The van der Waals surface area contributed by atoms with Crippen molar-refractivity contribution in [2.75, 3.05) is 7.11 Å². The number of benzene rings is 3. The molecule has 0 aliphatic heterocycles. The van der Waals surface area contributed by atoms with E-state index >= 15 is 0 Å². The lowest BCUT2D eigenvalue weighted by Crippen LogP contribution is -2.16. The van der Waals surface area contributed by atoms with E-state index in [0.29, 0.717) is 11.8 Å². The van der Waals surface area contributed by atoms with Crippen molar-refractivity contribution in [1.29, 1.82) is 0 Å². The van der Waals surface area contributed by atoms with Crippen LogP contribution in [0.4, 0.5) is 0 Å². The Morgan fingerprint density at radius 1 is 0.875 bits per heavy atom. The summed E-state index contributed by atoms with van der Waals surface area (Å²) < 4.78 is 5.33. The van der Waals surface area contributed by atoms with E-state index in [1.165, 1.54) is 33.0 Å². The molecule has 0 bridgehead atoms. The molecule has 0 aromatic heterocycles. The molecule has 1 nitrogen and oxygen atoms in total. The lowest BCUT2D eigenvalue weighted by atomic mass is 9.72. The molecule has 0 saturated carbocycles. The minimum Gasteiger partial charge on any atom is -0.497 e. The van der Waals surface area contributed by atoms with Gasteiger partial charge in [0, 0.05) is 5.92 Å². The van der Waals surface area contributed by atoms with Crippen molar-refractivity contribution < 1.29 is 4.74 Å². The fourth-order valence-corrected chi connectivity index (χ4v) is 4.10. The SMILES string of the molecule is COc1ccc([C@H]2c3c(ccc4ccccc34)C(C)=C[C@@H]2C)cc1. The second kappa shape index (κ2) is 5.83. The van der Waals surface area contributed by atoms with Crippen LogP contribution in [0.1, 0.15) is 36.5 Å². The first-order chi connectivity index (χ1) is 11.7. The minimum absolute atomic E-state index is 0.376. The van der Waals surface area contributed by atoms with E-state index < -0.39 is 0 Å². The fourth-order valence-electron chi connectivity index (χ4n) is 4.10. The van der Waals surface area contributed by atoms with Crippen LogP contribution in [0.5, 0.6) is 5.75 Å². The van der Waals surface area contributed by atoms with Crippen molar-refractivity contribution in [2.24, 2.45) is 5.92 Å². The minimum atomic E-state index is 0.376. The summed E-state index contributed by atoms with van der Waals surface area (Å²) in [5.41, 5.74) is 5.58. The van der Waals surface area contributed by atoms with Gasteiger partial charge in [-0.15, -0.1) is 0 Å². The van der Waals surface area contributed by atoms with Crippen molar-refractivity contribution in [3.8, 4) is 5.75 Å². The highest BCUT2D eigenvalue weighted by Gasteiger charge is 2.28. The van der Waals surface area contributed by atoms with Crippen LogP contribution in [0, 0.1) is 5.92 Å². The maximum Gasteiger partial charge on any atom is 0.118 e. The largest absolute Gasteiger partial charge is 0.497 e. The zero-order valence-corrected chi connectivity index (χ0v) is 14.4. The topological polar surface area (TPSA) is 9.23 Å². The third-order valence-electron chi connectivity index (χ3n) is 5.22. The van der Waals surface area contributed by atoms with E-state index in [-0.39, 0.29) is 0 Å². The average molecular weight is 314 g/mol. The van der Waals surface area contributed by atoms with Crippen LogP contribution in [0.2, 0.25) is 0 Å². The van der Waals surface area contributed by atoms with Gasteiger partial charge in [-0.3, -0.25) is 0 Å². The van der Waals surface area contributed by atoms with Gasteiger partial charge in [0.25, 0.3) is 0 Å². The molecule has 1 aliphatic carbocycles. The third kappa shape index (κ3) is 2.32. The maximum atomic E-state index is 5.33. The normalized spacial score (nSPS) is 19.7. The van der Waals surface area contributed by atoms with Crippen molar-refractivity contribution in [3.63, 3.8) is 0 Å². The Labute approximate surface area is 143 Å². The van der Waals surface area contributed by atoms with Crippen LogP contribution in [-0.4, -0.2) is 7.11 Å². The first-order valence-electron chi connectivity index (χ1n) is 8.53. The molecule has 1 aliphatic rings. The predicted molar refractivity (Wildman–Crippen MR) is 102 cm³/mol. The van der Waals surface area contributed by atoms with Gasteiger partial charge in [-0.1, -0.05) is 61.5 Å². The molecule has 0 unspecified atom stereocenters. The number of rotatable bonds is 2. The van der Waals surface area contributed by atoms with Crippen LogP contribution in [0.15, 0.2) is 66.7 Å². The van der Waals surface area contributed by atoms with E-state index in [0.717, 1.165) is 5.75 Å². The number of allylic oxidation sites excluding steroid dienone is 2. The summed E-state index contributed by atoms with van der Waals surface area (Å²) in [6, 6.07) is 21.8. The molecule has 0 spiro atoms. The van der Waals surface area contributed by atoms with Gasteiger partial charge in [0.1, 0.15) is 5.75 Å². The zero-order chi connectivity index (χ0) is 16.7. The van der Waals surface area contributed by atoms with Crippen LogP contribution >= 0.6 is 0 Å². The second-order valence-electron chi connectivity index (χ2n) is 6.71. The summed E-state index contributed by atoms with van der Waals surface area (Å²) in [6.45, 7) is 4.55. The molecular formula is C23H22O. The number of ether oxygens (including phenoxy) is 1. The number of methoxy groups -OCH3 is 1. The van der Waals surface area contributed by atoms with Gasteiger partial charge in [-0.05, 0) is 58.0 Å². The summed E-state index contributed by atoms with van der Waals surface area (Å²) in [4.78, 5) is 0. The lowest BCUT2D eigenvalue weighted by molar-refractivity contribution is 0.414. The molecule has 0 N–H and O–H groups in total. The highest BCUT2D eigenvalue weighted by atomic mass is 16.5. The molecule has 0 radical (unpaired) electrons. The van der Waals surface area contributed by atoms with Crippen molar-refractivity contribution >= 4 is 16.3 Å². The number of fused-ring (bicyclic) bond motifs is 3. The third-order valence-corrected chi connectivity index (χ3v) is 5.22. The molecule has 2 atom stereocenters. The standard InChI is InChI=1S/C23H22O/c1-15-14-16(2)22(18-8-11-19(24-3)12-9-18)23-20(15)13-10-17-6-4-5-7-21(17)23/h4-14,16,22H,1-3H3/t16-,22-/m0/s1. The molecule has 0 amide bonds. The Balaban J connectivity index is 1.97. The molecule has 0 heterocycles. The summed E-state index contributed by atoms with van der Waals surface area (Å²) in [6.07, 6.45) is 2.41. The van der Waals surface area contributed by atoms with Gasteiger partial charge in [-0.25, -0.2) is 0 Å². The molecule has 120 valence electrons. The van der Waals surface area contributed by atoms with Gasteiger partial charge in [0.2, 0.25) is 0 Å². The van der Waals surface area contributed by atoms with Gasteiger partial charge in [0.05, 0.1) is 7.11 Å². The first-order valence-corrected chi connectivity index (χ1v) is 8.53. The van der Waals surface area contributed by atoms with E-state index in [1.54, 1.807) is 7.11 Å². The smallest absolute Gasteiger partial charge is 0.118 e. The fraction of sp³-hybridized carbons (Fsp3) is 0.217. The van der Waals surface area contributed by atoms with E-state index in [2.05, 4.69) is 80.6 Å². The Morgan fingerprint density at radius 2 is 1.62 bits per heavy atom. The molecular weight excluding hydrogens is 292 g/mol. The highest BCUT2D eigenvalue weighted by Crippen LogP contribution is 2.45. The lowest BCUT2D eigenvalue weighted by Gasteiger charge is -2.31. The summed E-state index contributed by atoms with van der Waals surface area (Å²) in [5.74, 6) is 1.75. The van der Waals surface area contributed by atoms with Gasteiger partial charge in [-0.2, -0.15) is 0 Å². The van der Waals surface area contributed by atoms with Crippen molar-refractivity contribution in [2.45, 2.75) is 19.8 Å². The summed E-state index contributed by atoms with van der Waals surface area (Å²) in [7, 11) is 1.72. The van der Waals surface area contributed by atoms with Gasteiger partial charge >= 0.3 is 0 Å². The van der Waals surface area contributed by atoms with E-state index in [1.807, 2.05) is 0 Å². The summed E-state index contributed by atoms with van der Waals surface area (Å²) >= 11 is 0. The van der Waals surface area contributed by atoms with Crippen LogP contribution < -0.4 is 4.74 Å². The average Bonchev–Trinajstić information content (AvgIpc) is 2.62. The van der Waals surface area contributed by atoms with Gasteiger partial charge in [0.15, 0.2) is 0 Å². The Kier molecular flexibility index (Phi) is 3.65. The number of hydrogen-bond acceptors (Lipinski definition) is 1. The quantitative estimate of drug-likeness (QED) is 0.561. The molecule has 4 rings (SSSR count). The molecule has 0 saturated heterocycles. The van der Waals surface area contributed by atoms with Gasteiger partial charge < -0.3 is 4.74 Å². The Hall–Kier alpha value is -2.54. The molecule has 24 heavy (non-hydrogen) atoms. The predicted octanol–water partition coefficient (Wildman–Crippen LogP) is 6.03. The molecule has 3 aromatic carbocycles. The molecule has 0 fully saturated rings. The van der Waals surface area contributed by atoms with E-state index in [9.17, 15) is 0 Å². The van der Waals surface area contributed by atoms with Crippen LogP contribution in [-0.2, 0) is 0 Å². The highest BCUT2D eigenvalue weighted by molar-refractivity contribution is 5.92. The molecule has 1 heteroatoms. The summed E-state index contributed by atoms with van der Waals surface area (Å²) in [5, 5.41) is 2.69. The monoisotopic (exact) mass is 314 g/mol. The Bertz CT molecular complexity index is 918. The molecule has 3 aromatic rings. The van der Waals surface area contributed by atoms with Crippen molar-refractivity contribution in [3.05, 3.63) is 83.4 Å². The first kappa shape index (κ1) is 15.0. The van der Waals surface area contributed by atoms with E-state index in [4.69, 9.17) is 4.74 Å². The Morgan fingerprint density at radius 3 is 2.38 bits per heavy atom. The second-order valence-corrected chi connectivity index (χ2v) is 6.71. The van der Waals surface area contributed by atoms with Crippen molar-refractivity contribution in [1.82, 2.24) is 0 Å². The zero-order valence-electron chi connectivity index (χ0n) is 14.4. The van der Waals surface area contributed by atoms with Crippen LogP contribution in [0.3, 0.4) is 0 Å². The maximum absolute atomic E-state index is 5.33.